The summed E-state index contributed by atoms with van der Waals surface area (Å²) in [5, 5.41) is 0. The average Bonchev–Trinajstić information content (AvgIpc) is 2.48. The minimum Gasteiger partial charge on any atom is -0.339 e. The van der Waals surface area contributed by atoms with Crippen molar-refractivity contribution in [3.8, 4) is 0 Å². The second kappa shape index (κ2) is 6.10. The number of hydrogen-bond donors (Lipinski definition) is 0. The van der Waals surface area contributed by atoms with Crippen molar-refractivity contribution in [2.24, 2.45) is 5.92 Å². The largest absolute Gasteiger partial charge is 0.391 e. The van der Waals surface area contributed by atoms with Crippen LogP contribution in [0.1, 0.15) is 34.3 Å². The highest BCUT2D eigenvalue weighted by atomic mass is 19.4. The minimum absolute atomic E-state index is 0.0229. The molecule has 6 heteroatoms. The van der Waals surface area contributed by atoms with Gasteiger partial charge in [-0.3, -0.25) is 4.79 Å². The van der Waals surface area contributed by atoms with Gasteiger partial charge in [-0.1, -0.05) is 12.7 Å². The fourth-order valence-corrected chi connectivity index (χ4v) is 2.64. The first-order valence-electron chi connectivity index (χ1n) is 7.02. The maximum absolute atomic E-state index is 13.7. The molecule has 1 aromatic carbocycles. The number of benzene rings is 1. The Balaban J connectivity index is 2.17. The lowest BCUT2D eigenvalue weighted by Gasteiger charge is -2.33. The molecule has 2 rings (SSSR count). The third-order valence-corrected chi connectivity index (χ3v) is 4.03. The summed E-state index contributed by atoms with van der Waals surface area (Å²) in [5.74, 6) is -2.33. The Morgan fingerprint density at radius 1 is 1.32 bits per heavy atom. The van der Waals surface area contributed by atoms with Gasteiger partial charge in [0.25, 0.3) is 5.91 Å². The Morgan fingerprint density at radius 3 is 2.41 bits per heavy atom. The lowest BCUT2D eigenvalue weighted by Crippen LogP contribution is -2.42. The van der Waals surface area contributed by atoms with Crippen LogP contribution in [0.5, 0.6) is 0 Å². The number of alkyl halides is 3. The molecule has 0 unspecified atom stereocenters. The fraction of sp³-hybridized carbons (Fsp3) is 0.438. The zero-order valence-electron chi connectivity index (χ0n) is 12.2. The first-order valence-corrected chi connectivity index (χ1v) is 7.02. The Kier molecular flexibility index (Phi) is 4.58. The molecule has 22 heavy (non-hydrogen) atoms. The first-order chi connectivity index (χ1) is 10.2. The van der Waals surface area contributed by atoms with Crippen LogP contribution in [-0.2, 0) is 0 Å². The average molecular weight is 315 g/mol. The molecular formula is C16H17F4NO. The summed E-state index contributed by atoms with van der Waals surface area (Å²) >= 11 is 0. The van der Waals surface area contributed by atoms with Crippen LogP contribution in [0, 0.1) is 18.7 Å². The molecule has 1 fully saturated rings. The van der Waals surface area contributed by atoms with E-state index in [4.69, 9.17) is 0 Å². The molecule has 2 nitrogen and oxygen atoms in total. The molecule has 120 valence electrons. The van der Waals surface area contributed by atoms with Gasteiger partial charge in [-0.05, 0) is 43.0 Å². The molecule has 0 aromatic heterocycles. The van der Waals surface area contributed by atoms with E-state index >= 15 is 0 Å². The van der Waals surface area contributed by atoms with E-state index in [1.165, 1.54) is 17.0 Å². The molecule has 0 spiro atoms. The molecule has 0 bridgehead atoms. The zero-order valence-corrected chi connectivity index (χ0v) is 12.2. The molecule has 1 aliphatic rings. The van der Waals surface area contributed by atoms with Crippen LogP contribution in [0.25, 0.3) is 6.08 Å². The molecule has 0 aliphatic carbocycles. The highest BCUT2D eigenvalue weighted by molar-refractivity contribution is 5.98. The Labute approximate surface area is 126 Å². The van der Waals surface area contributed by atoms with Crippen LogP contribution in [0.4, 0.5) is 17.6 Å². The molecule has 1 saturated heterocycles. The highest BCUT2D eigenvalue weighted by Crippen LogP contribution is 2.34. The summed E-state index contributed by atoms with van der Waals surface area (Å²) in [6.45, 7) is 5.21. The van der Waals surface area contributed by atoms with Crippen molar-refractivity contribution >= 4 is 12.0 Å². The number of hydrogen-bond acceptors (Lipinski definition) is 1. The number of rotatable bonds is 2. The van der Waals surface area contributed by atoms with Crippen LogP contribution in [0.15, 0.2) is 18.7 Å². The topological polar surface area (TPSA) is 20.3 Å². The molecule has 1 aromatic rings. The van der Waals surface area contributed by atoms with Crippen molar-refractivity contribution < 1.29 is 22.4 Å². The van der Waals surface area contributed by atoms with Gasteiger partial charge in [-0.15, -0.1) is 0 Å². The van der Waals surface area contributed by atoms with E-state index < -0.39 is 23.8 Å². The van der Waals surface area contributed by atoms with Gasteiger partial charge in [0, 0.05) is 18.7 Å². The quantitative estimate of drug-likeness (QED) is 0.749. The minimum atomic E-state index is -4.22. The van der Waals surface area contributed by atoms with Crippen molar-refractivity contribution in [3.05, 3.63) is 41.2 Å². The van der Waals surface area contributed by atoms with Crippen molar-refractivity contribution in [2.75, 3.05) is 13.1 Å². The Hall–Kier alpha value is -1.85. The summed E-state index contributed by atoms with van der Waals surface area (Å²) < 4.78 is 51.6. The number of likely N-dealkylation sites (tertiary alicyclic amines) is 1. The second-order valence-electron chi connectivity index (χ2n) is 5.50. The van der Waals surface area contributed by atoms with E-state index in [0.29, 0.717) is 11.1 Å². The molecule has 1 aliphatic heterocycles. The number of nitrogens with zero attached hydrogens (tertiary/aromatic N) is 1. The van der Waals surface area contributed by atoms with Gasteiger partial charge in [0.15, 0.2) is 0 Å². The standard InChI is InChI=1S/C16H17F4NO/c1-3-11-8-10(2)14(17)9-13(11)15(22)21-6-4-12(5-7-21)16(18,19)20/h3,8-9,12H,1,4-7H2,2H3. The summed E-state index contributed by atoms with van der Waals surface area (Å²) in [4.78, 5) is 13.8. The van der Waals surface area contributed by atoms with E-state index in [1.807, 2.05) is 0 Å². The van der Waals surface area contributed by atoms with E-state index in [1.54, 1.807) is 6.92 Å². The lowest BCUT2D eigenvalue weighted by atomic mass is 9.95. The van der Waals surface area contributed by atoms with E-state index in [2.05, 4.69) is 6.58 Å². The molecule has 1 amide bonds. The van der Waals surface area contributed by atoms with E-state index in [9.17, 15) is 22.4 Å². The SMILES string of the molecule is C=Cc1cc(C)c(F)cc1C(=O)N1CCC(C(F)(F)F)CC1. The van der Waals surface area contributed by atoms with Crippen LogP contribution in [0.2, 0.25) is 0 Å². The third kappa shape index (κ3) is 3.31. The number of amides is 1. The predicted molar refractivity (Wildman–Crippen MR) is 75.9 cm³/mol. The number of carbonyl (C=O) groups is 1. The lowest BCUT2D eigenvalue weighted by molar-refractivity contribution is -0.183. The molecule has 0 radical (unpaired) electrons. The molecular weight excluding hydrogens is 298 g/mol. The van der Waals surface area contributed by atoms with Crippen LogP contribution in [0.3, 0.4) is 0 Å². The van der Waals surface area contributed by atoms with Crippen molar-refractivity contribution in [3.63, 3.8) is 0 Å². The van der Waals surface area contributed by atoms with Crippen molar-refractivity contribution in [1.29, 1.82) is 0 Å². The van der Waals surface area contributed by atoms with Gasteiger partial charge in [-0.25, -0.2) is 4.39 Å². The maximum atomic E-state index is 13.7. The Morgan fingerprint density at radius 2 is 1.91 bits per heavy atom. The Bertz CT molecular complexity index is 587. The van der Waals surface area contributed by atoms with Gasteiger partial charge in [0.1, 0.15) is 5.82 Å². The maximum Gasteiger partial charge on any atom is 0.391 e. The molecule has 1 heterocycles. The van der Waals surface area contributed by atoms with Gasteiger partial charge >= 0.3 is 6.18 Å². The van der Waals surface area contributed by atoms with Gasteiger partial charge in [-0.2, -0.15) is 13.2 Å². The van der Waals surface area contributed by atoms with Crippen LogP contribution < -0.4 is 0 Å². The summed E-state index contributed by atoms with van der Waals surface area (Å²) in [6.07, 6.45) is -3.01. The first kappa shape index (κ1) is 16.5. The summed E-state index contributed by atoms with van der Waals surface area (Å²) in [5.41, 5.74) is 1.02. The number of aryl methyl sites for hydroxylation is 1. The fourth-order valence-electron chi connectivity index (χ4n) is 2.64. The molecule has 0 atom stereocenters. The van der Waals surface area contributed by atoms with E-state index in [0.717, 1.165) is 6.07 Å². The number of halogens is 4. The van der Waals surface area contributed by atoms with Gasteiger partial charge in [0.2, 0.25) is 0 Å². The van der Waals surface area contributed by atoms with Crippen LogP contribution >= 0.6 is 0 Å². The third-order valence-electron chi connectivity index (χ3n) is 4.03. The van der Waals surface area contributed by atoms with Gasteiger partial charge in [0.05, 0.1) is 5.92 Å². The molecule has 0 N–H and O–H groups in total. The smallest absolute Gasteiger partial charge is 0.339 e. The summed E-state index contributed by atoms with van der Waals surface area (Å²) in [6, 6.07) is 2.64. The van der Waals surface area contributed by atoms with E-state index in [-0.39, 0.29) is 31.5 Å². The van der Waals surface area contributed by atoms with Crippen LogP contribution in [-0.4, -0.2) is 30.1 Å². The monoisotopic (exact) mass is 315 g/mol. The zero-order chi connectivity index (χ0) is 16.5. The summed E-state index contributed by atoms with van der Waals surface area (Å²) in [7, 11) is 0. The number of piperidine rings is 1. The predicted octanol–water partition coefficient (Wildman–Crippen LogP) is 4.19. The van der Waals surface area contributed by atoms with Gasteiger partial charge < -0.3 is 4.90 Å². The van der Waals surface area contributed by atoms with Crippen molar-refractivity contribution in [1.82, 2.24) is 4.90 Å². The highest BCUT2D eigenvalue weighted by Gasteiger charge is 2.41. The second-order valence-corrected chi connectivity index (χ2v) is 5.50. The number of carbonyl (C=O) groups excluding carboxylic acids is 1. The normalized spacial score (nSPS) is 16.7. The molecule has 0 saturated carbocycles. The van der Waals surface area contributed by atoms with Crippen molar-refractivity contribution in [2.45, 2.75) is 25.9 Å².